The third kappa shape index (κ3) is 5.70. The molecule has 0 fully saturated rings. The van der Waals surface area contributed by atoms with Crippen molar-refractivity contribution in [3.63, 3.8) is 0 Å². The highest BCUT2D eigenvalue weighted by atomic mass is 35.5. The molecule has 140 valence electrons. The van der Waals surface area contributed by atoms with E-state index in [1.807, 2.05) is 12.1 Å². The highest BCUT2D eigenvalue weighted by molar-refractivity contribution is 6.31. The molecule has 0 atom stereocenters. The van der Waals surface area contributed by atoms with Gasteiger partial charge in [0.05, 0.1) is 5.02 Å². The van der Waals surface area contributed by atoms with Crippen LogP contribution in [-0.4, -0.2) is 0 Å². The van der Waals surface area contributed by atoms with Gasteiger partial charge in [0.2, 0.25) is 0 Å². The molecule has 0 radical (unpaired) electrons. The molecule has 3 aromatic carbocycles. The molecule has 0 saturated carbocycles. The molecule has 2 nitrogen and oxygen atoms in total. The maximum Gasteiger partial charge on any atom is 0.124 e. The standard InChI is InChI=1S/C22H20Cl2FNO/c1-15-2-4-16(5-3-15)12-26-13-18-10-19(23)7-9-22(18)27-14-17-6-8-20(25)11-21(17)24/h2-11,26H,12-14H2,1H3. The first kappa shape index (κ1) is 19.7. The molecule has 3 rings (SSSR count). The zero-order valence-corrected chi connectivity index (χ0v) is 16.4. The molecule has 27 heavy (non-hydrogen) atoms. The summed E-state index contributed by atoms with van der Waals surface area (Å²) in [6.07, 6.45) is 0. The lowest BCUT2D eigenvalue weighted by Crippen LogP contribution is -2.13. The van der Waals surface area contributed by atoms with Crippen LogP contribution in [0.15, 0.2) is 60.7 Å². The summed E-state index contributed by atoms with van der Waals surface area (Å²) in [4.78, 5) is 0. The second-order valence-corrected chi connectivity index (χ2v) is 7.21. The Bertz CT molecular complexity index is 913. The van der Waals surface area contributed by atoms with Crippen LogP contribution in [0.3, 0.4) is 0 Å². The summed E-state index contributed by atoms with van der Waals surface area (Å²) < 4.78 is 19.1. The minimum Gasteiger partial charge on any atom is -0.489 e. The number of hydrogen-bond donors (Lipinski definition) is 1. The molecular formula is C22H20Cl2FNO. The molecule has 0 aliphatic heterocycles. The van der Waals surface area contributed by atoms with Crippen molar-refractivity contribution in [2.24, 2.45) is 0 Å². The molecule has 0 heterocycles. The zero-order chi connectivity index (χ0) is 19.2. The summed E-state index contributed by atoms with van der Waals surface area (Å²) in [5.41, 5.74) is 4.13. The molecule has 0 aliphatic carbocycles. The van der Waals surface area contributed by atoms with E-state index in [-0.39, 0.29) is 12.4 Å². The molecule has 0 aliphatic rings. The Kier molecular flexibility index (Phi) is 6.73. The number of halogens is 3. The van der Waals surface area contributed by atoms with E-state index < -0.39 is 0 Å². The van der Waals surface area contributed by atoms with Crippen LogP contribution in [0.1, 0.15) is 22.3 Å². The van der Waals surface area contributed by atoms with Gasteiger partial charge < -0.3 is 10.1 Å². The molecule has 3 aromatic rings. The Hall–Kier alpha value is -2.07. The Balaban J connectivity index is 1.64. The second-order valence-electron chi connectivity index (χ2n) is 6.37. The van der Waals surface area contributed by atoms with Crippen molar-refractivity contribution in [1.82, 2.24) is 5.32 Å². The maximum atomic E-state index is 13.2. The van der Waals surface area contributed by atoms with Crippen LogP contribution >= 0.6 is 23.2 Å². The summed E-state index contributed by atoms with van der Waals surface area (Å²) in [6, 6.07) is 18.2. The molecular weight excluding hydrogens is 384 g/mol. The van der Waals surface area contributed by atoms with Gasteiger partial charge in [-0.3, -0.25) is 0 Å². The number of rotatable bonds is 7. The SMILES string of the molecule is Cc1ccc(CNCc2cc(Cl)ccc2OCc2ccc(F)cc2Cl)cc1. The second kappa shape index (κ2) is 9.23. The van der Waals surface area contributed by atoms with Gasteiger partial charge in [-0.25, -0.2) is 4.39 Å². The fourth-order valence-corrected chi connectivity index (χ4v) is 3.09. The van der Waals surface area contributed by atoms with E-state index in [2.05, 4.69) is 36.5 Å². The third-order valence-corrected chi connectivity index (χ3v) is 4.77. The first-order valence-electron chi connectivity index (χ1n) is 8.62. The van der Waals surface area contributed by atoms with Crippen LogP contribution in [0.5, 0.6) is 5.75 Å². The van der Waals surface area contributed by atoms with Gasteiger partial charge in [-0.15, -0.1) is 0 Å². The van der Waals surface area contributed by atoms with Crippen LogP contribution in [0.25, 0.3) is 0 Å². The third-order valence-electron chi connectivity index (χ3n) is 4.19. The molecule has 0 aromatic heterocycles. The van der Waals surface area contributed by atoms with Crippen LogP contribution in [0.2, 0.25) is 10.0 Å². The van der Waals surface area contributed by atoms with Crippen LogP contribution in [0.4, 0.5) is 4.39 Å². The van der Waals surface area contributed by atoms with Crippen molar-refractivity contribution >= 4 is 23.2 Å². The van der Waals surface area contributed by atoms with Gasteiger partial charge in [0.1, 0.15) is 18.2 Å². The van der Waals surface area contributed by atoms with Gasteiger partial charge in [0.15, 0.2) is 0 Å². The largest absolute Gasteiger partial charge is 0.489 e. The van der Waals surface area contributed by atoms with E-state index in [0.29, 0.717) is 16.6 Å². The van der Waals surface area contributed by atoms with E-state index >= 15 is 0 Å². The van der Waals surface area contributed by atoms with Gasteiger partial charge in [0, 0.05) is 29.2 Å². The molecule has 0 spiro atoms. The van der Waals surface area contributed by atoms with Crippen molar-refractivity contribution < 1.29 is 9.13 Å². The Morgan fingerprint density at radius 3 is 2.41 bits per heavy atom. The fourth-order valence-electron chi connectivity index (χ4n) is 2.67. The van der Waals surface area contributed by atoms with Crippen LogP contribution in [-0.2, 0) is 19.7 Å². The number of nitrogens with one attached hydrogen (secondary N) is 1. The lowest BCUT2D eigenvalue weighted by atomic mass is 10.1. The summed E-state index contributed by atoms with van der Waals surface area (Å²) in [5, 5.41) is 4.41. The number of benzene rings is 3. The fraction of sp³-hybridized carbons (Fsp3) is 0.182. The van der Waals surface area contributed by atoms with Gasteiger partial charge in [-0.2, -0.15) is 0 Å². The number of aryl methyl sites for hydroxylation is 1. The Morgan fingerprint density at radius 1 is 0.889 bits per heavy atom. The van der Waals surface area contributed by atoms with Crippen molar-refractivity contribution in [3.8, 4) is 5.75 Å². The van der Waals surface area contributed by atoms with Gasteiger partial charge in [-0.1, -0.05) is 59.1 Å². The summed E-state index contributed by atoms with van der Waals surface area (Å²) in [5.74, 6) is 0.354. The van der Waals surface area contributed by atoms with E-state index in [1.54, 1.807) is 12.1 Å². The molecule has 0 bridgehead atoms. The zero-order valence-electron chi connectivity index (χ0n) is 14.9. The van der Waals surface area contributed by atoms with Gasteiger partial charge in [-0.05, 0) is 42.8 Å². The predicted octanol–water partition coefficient (Wildman–Crippen LogP) is 6.31. The van der Waals surface area contributed by atoms with E-state index in [1.165, 1.54) is 23.3 Å². The number of hydrogen-bond acceptors (Lipinski definition) is 2. The minimum absolute atomic E-state index is 0.256. The predicted molar refractivity (Wildman–Crippen MR) is 109 cm³/mol. The molecule has 1 N–H and O–H groups in total. The van der Waals surface area contributed by atoms with Crippen molar-refractivity contribution in [2.45, 2.75) is 26.6 Å². The highest BCUT2D eigenvalue weighted by Gasteiger charge is 2.08. The lowest BCUT2D eigenvalue weighted by molar-refractivity contribution is 0.302. The van der Waals surface area contributed by atoms with Gasteiger partial charge in [0.25, 0.3) is 0 Å². The summed E-state index contributed by atoms with van der Waals surface area (Å²) in [7, 11) is 0. The van der Waals surface area contributed by atoms with Crippen LogP contribution < -0.4 is 10.1 Å². The summed E-state index contributed by atoms with van der Waals surface area (Å²) >= 11 is 12.2. The summed E-state index contributed by atoms with van der Waals surface area (Å²) in [6.45, 7) is 3.68. The smallest absolute Gasteiger partial charge is 0.124 e. The molecule has 0 amide bonds. The van der Waals surface area contributed by atoms with Crippen molar-refractivity contribution in [3.05, 3.63) is 98.8 Å². The quantitative estimate of drug-likeness (QED) is 0.498. The van der Waals surface area contributed by atoms with E-state index in [9.17, 15) is 4.39 Å². The molecule has 0 unspecified atom stereocenters. The topological polar surface area (TPSA) is 21.3 Å². The highest BCUT2D eigenvalue weighted by Crippen LogP contribution is 2.25. The minimum atomic E-state index is -0.365. The first-order chi connectivity index (χ1) is 13.0. The van der Waals surface area contributed by atoms with Gasteiger partial charge >= 0.3 is 0 Å². The van der Waals surface area contributed by atoms with E-state index in [4.69, 9.17) is 27.9 Å². The number of ether oxygens (including phenoxy) is 1. The maximum absolute atomic E-state index is 13.2. The molecule has 5 heteroatoms. The Labute approximate surface area is 168 Å². The average molecular weight is 404 g/mol. The Morgan fingerprint density at radius 2 is 1.67 bits per heavy atom. The monoisotopic (exact) mass is 403 g/mol. The molecule has 0 saturated heterocycles. The first-order valence-corrected chi connectivity index (χ1v) is 9.38. The average Bonchev–Trinajstić information content (AvgIpc) is 2.64. The normalized spacial score (nSPS) is 10.8. The van der Waals surface area contributed by atoms with E-state index in [0.717, 1.165) is 23.4 Å². The lowest BCUT2D eigenvalue weighted by Gasteiger charge is -2.14. The van der Waals surface area contributed by atoms with Crippen LogP contribution in [0, 0.1) is 12.7 Å². The van der Waals surface area contributed by atoms with Crippen molar-refractivity contribution in [1.29, 1.82) is 0 Å². The van der Waals surface area contributed by atoms with Crippen molar-refractivity contribution in [2.75, 3.05) is 0 Å².